The van der Waals surface area contributed by atoms with Crippen LogP contribution in [0, 0.1) is 0 Å². The Morgan fingerprint density at radius 2 is 1.22 bits per heavy atom. The lowest BCUT2D eigenvalue weighted by Crippen LogP contribution is -2.38. The van der Waals surface area contributed by atoms with E-state index in [1.54, 1.807) is 0 Å². The van der Waals surface area contributed by atoms with Crippen molar-refractivity contribution in [2.24, 2.45) is 5.73 Å². The zero-order chi connectivity index (χ0) is 35.5. The monoisotopic (exact) mass is 697 g/mol. The smallest absolute Gasteiger partial charge is 0.321 e. The molecule has 0 spiro atoms. The predicted octanol–water partition coefficient (Wildman–Crippen LogP) is 2.64. The summed E-state index contributed by atoms with van der Waals surface area (Å²) in [6, 6.07) is 8.84. The van der Waals surface area contributed by atoms with E-state index in [2.05, 4.69) is 0 Å². The summed E-state index contributed by atoms with van der Waals surface area (Å²) in [7, 11) is 0. The Bertz CT molecular complexity index is 1950. The van der Waals surface area contributed by atoms with Crippen LogP contribution in [0.1, 0.15) is 51.2 Å². The summed E-state index contributed by atoms with van der Waals surface area (Å²) in [6.07, 6.45) is -6.04. The van der Waals surface area contributed by atoms with Gasteiger partial charge < -0.3 is 71.4 Å². The third-order valence-corrected chi connectivity index (χ3v) is 9.95. The molecule has 13 N–H and O–H groups in total. The van der Waals surface area contributed by atoms with E-state index in [-0.39, 0.29) is 45.1 Å². The molecule has 0 unspecified atom stereocenters. The highest BCUT2D eigenvalue weighted by atomic mass is 32.2. The van der Waals surface area contributed by atoms with Crippen molar-refractivity contribution in [1.82, 2.24) is 0 Å². The molecule has 0 saturated carbocycles. The predicted molar refractivity (Wildman–Crippen MR) is 170 cm³/mol. The van der Waals surface area contributed by atoms with E-state index in [1.807, 2.05) is 0 Å². The standard InChI is InChI=1S/C33H31NO14S/c34-14(33(45)46)10-49-32-25-21(42)9-20(41)24(31(25)48-30(28(32)44)12-2-4-16(37)18(39)6-12)26-23-19(40)7-13(35)8-22(23)47-29(27(26)43)11-1-3-15(36)17(38)5-11/h1-9,14,26-30,32,35-44H,10,34H2,(H,45,46)/t14-,26+,27+,28-,29+,30+,32-/m0/s1. The maximum Gasteiger partial charge on any atom is 0.321 e. The van der Waals surface area contributed by atoms with Crippen LogP contribution in [0.5, 0.6) is 57.5 Å². The Kier molecular flexibility index (Phi) is 8.58. The minimum Gasteiger partial charge on any atom is -0.508 e. The highest BCUT2D eigenvalue weighted by Crippen LogP contribution is 2.60. The van der Waals surface area contributed by atoms with Crippen molar-refractivity contribution in [1.29, 1.82) is 0 Å². The molecule has 0 aliphatic carbocycles. The summed E-state index contributed by atoms with van der Waals surface area (Å²) in [6.45, 7) is 0. The molecule has 2 heterocycles. The van der Waals surface area contributed by atoms with Crippen LogP contribution in [0.3, 0.4) is 0 Å². The van der Waals surface area contributed by atoms with Gasteiger partial charge in [0.1, 0.15) is 52.7 Å². The average molecular weight is 698 g/mol. The molecule has 16 heteroatoms. The van der Waals surface area contributed by atoms with E-state index in [9.17, 15) is 61.0 Å². The van der Waals surface area contributed by atoms with Gasteiger partial charge in [0.2, 0.25) is 0 Å². The maximum absolute atomic E-state index is 12.0. The number of ether oxygens (including phenoxy) is 2. The molecule has 0 fully saturated rings. The van der Waals surface area contributed by atoms with Crippen LogP contribution >= 0.6 is 11.8 Å². The molecule has 2 aliphatic heterocycles. The molecule has 0 aromatic heterocycles. The van der Waals surface area contributed by atoms with Crippen molar-refractivity contribution >= 4 is 17.7 Å². The first-order chi connectivity index (χ1) is 23.2. The number of rotatable bonds is 7. The van der Waals surface area contributed by atoms with Crippen molar-refractivity contribution in [3.63, 3.8) is 0 Å². The number of phenols is 8. The number of aliphatic hydroxyl groups excluding tert-OH is 2. The Morgan fingerprint density at radius 1 is 0.673 bits per heavy atom. The second-order valence-electron chi connectivity index (χ2n) is 11.7. The van der Waals surface area contributed by atoms with Crippen molar-refractivity contribution in [2.45, 2.75) is 41.6 Å². The topological polar surface area (TPSA) is 284 Å². The zero-order valence-corrected chi connectivity index (χ0v) is 25.9. The molecular weight excluding hydrogens is 666 g/mol. The van der Waals surface area contributed by atoms with Gasteiger partial charge in [0.25, 0.3) is 0 Å². The number of fused-ring (bicyclic) bond motifs is 2. The molecular formula is C33H31NO14S. The minimum absolute atomic E-state index is 0.119. The molecule has 4 aromatic carbocycles. The van der Waals surface area contributed by atoms with Gasteiger partial charge in [-0.1, -0.05) is 12.1 Å². The highest BCUT2D eigenvalue weighted by Gasteiger charge is 2.48. The lowest BCUT2D eigenvalue weighted by atomic mass is 9.77. The summed E-state index contributed by atoms with van der Waals surface area (Å²) < 4.78 is 12.3. The van der Waals surface area contributed by atoms with Crippen molar-refractivity contribution in [2.75, 3.05) is 5.75 Å². The minimum atomic E-state index is -1.72. The first-order valence-corrected chi connectivity index (χ1v) is 15.7. The maximum atomic E-state index is 12.0. The summed E-state index contributed by atoms with van der Waals surface area (Å²) in [4.78, 5) is 11.6. The lowest BCUT2D eigenvalue weighted by molar-refractivity contribution is -0.137. The molecule has 6 rings (SSSR count). The van der Waals surface area contributed by atoms with Crippen LogP contribution in [0.2, 0.25) is 0 Å². The van der Waals surface area contributed by atoms with Gasteiger partial charge in [-0.25, -0.2) is 0 Å². The van der Waals surface area contributed by atoms with Crippen LogP contribution < -0.4 is 15.2 Å². The van der Waals surface area contributed by atoms with Crippen LogP contribution in [-0.4, -0.2) is 86.1 Å². The number of phenolic OH excluding ortho intramolecular Hbond substituents is 8. The number of aromatic hydroxyl groups is 8. The van der Waals surface area contributed by atoms with Crippen LogP contribution in [-0.2, 0) is 4.79 Å². The molecule has 0 bridgehead atoms. The fraction of sp³-hybridized carbons (Fsp3) is 0.242. The average Bonchev–Trinajstić information content (AvgIpc) is 3.03. The van der Waals surface area contributed by atoms with Gasteiger partial charge in [0.05, 0.1) is 16.7 Å². The zero-order valence-electron chi connectivity index (χ0n) is 25.1. The van der Waals surface area contributed by atoms with Crippen molar-refractivity contribution < 1.29 is 70.4 Å². The first kappa shape index (κ1) is 33.5. The van der Waals surface area contributed by atoms with Crippen LogP contribution in [0.15, 0.2) is 54.6 Å². The SMILES string of the molecule is N[C@@H](CS[C@H]1c2c(O)cc(O)c([C@H]3c4c(O)cc(O)cc4O[C@H](c4ccc(O)c(O)c4)[C@@H]3O)c2O[C@H](c2ccc(O)c(O)c2)[C@@H]1O)C(=O)O. The molecule has 0 amide bonds. The molecule has 49 heavy (non-hydrogen) atoms. The largest absolute Gasteiger partial charge is 0.508 e. The molecule has 15 nitrogen and oxygen atoms in total. The Labute approximate surface area is 280 Å². The van der Waals surface area contributed by atoms with Gasteiger partial charge in [-0.2, -0.15) is 0 Å². The van der Waals surface area contributed by atoms with E-state index < -0.39 is 93.6 Å². The summed E-state index contributed by atoms with van der Waals surface area (Å²) in [5.41, 5.74) is 5.53. The normalized spacial score (nSPS) is 23.4. The summed E-state index contributed by atoms with van der Waals surface area (Å²) in [5, 5.41) is 116. The molecule has 4 aromatic rings. The van der Waals surface area contributed by atoms with Crippen LogP contribution in [0.25, 0.3) is 0 Å². The number of nitrogens with two attached hydrogens (primary N) is 1. The lowest BCUT2D eigenvalue weighted by Gasteiger charge is -2.42. The van der Waals surface area contributed by atoms with E-state index in [0.717, 1.165) is 54.2 Å². The Balaban J connectivity index is 1.59. The van der Waals surface area contributed by atoms with E-state index in [1.165, 1.54) is 12.1 Å². The van der Waals surface area contributed by atoms with Crippen molar-refractivity contribution in [3.8, 4) is 57.5 Å². The van der Waals surface area contributed by atoms with E-state index >= 15 is 0 Å². The quantitative estimate of drug-likeness (QED) is 0.124. The third-order valence-electron chi connectivity index (χ3n) is 8.53. The second kappa shape index (κ2) is 12.6. The van der Waals surface area contributed by atoms with E-state index in [0.29, 0.717) is 0 Å². The van der Waals surface area contributed by atoms with Gasteiger partial charge >= 0.3 is 5.97 Å². The van der Waals surface area contributed by atoms with Crippen molar-refractivity contribution in [3.05, 3.63) is 82.4 Å². The van der Waals surface area contributed by atoms with Gasteiger partial charge in [0.15, 0.2) is 35.2 Å². The fourth-order valence-electron chi connectivity index (χ4n) is 6.19. The highest BCUT2D eigenvalue weighted by molar-refractivity contribution is 7.99. The Hall–Kier alpha value is -5.42. The number of thioether (sulfide) groups is 1. The number of carboxylic acids is 1. The van der Waals surface area contributed by atoms with Gasteiger partial charge in [-0.15, -0.1) is 11.8 Å². The van der Waals surface area contributed by atoms with Crippen LogP contribution in [0.4, 0.5) is 0 Å². The Morgan fingerprint density at radius 3 is 1.80 bits per heavy atom. The molecule has 258 valence electrons. The summed E-state index contributed by atoms with van der Waals surface area (Å²) in [5.74, 6) is -7.80. The van der Waals surface area contributed by atoms with Gasteiger partial charge in [-0.05, 0) is 35.4 Å². The molecule has 7 atom stereocenters. The number of hydrogen-bond acceptors (Lipinski definition) is 15. The molecule has 2 aliphatic rings. The number of aliphatic hydroxyl groups is 2. The van der Waals surface area contributed by atoms with E-state index in [4.69, 9.17) is 15.2 Å². The third kappa shape index (κ3) is 5.84. The number of aliphatic carboxylic acids is 1. The first-order valence-electron chi connectivity index (χ1n) is 14.7. The second-order valence-corrected chi connectivity index (χ2v) is 12.9. The van der Waals surface area contributed by atoms with Gasteiger partial charge in [0, 0.05) is 35.1 Å². The molecule has 0 radical (unpaired) electrons. The number of carbonyl (C=O) groups is 1. The fourth-order valence-corrected chi connectivity index (χ4v) is 7.48. The number of benzene rings is 4. The summed E-state index contributed by atoms with van der Waals surface area (Å²) >= 11 is 0.847. The number of carboxylic acid groups (broad SMARTS) is 1. The number of hydrogen-bond donors (Lipinski definition) is 12. The van der Waals surface area contributed by atoms with Gasteiger partial charge in [-0.3, -0.25) is 4.79 Å². The molecule has 0 saturated heterocycles.